The molecule has 7 heteroatoms. The number of aromatic amines is 1. The third kappa shape index (κ3) is 5.31. The molecule has 2 N–H and O–H groups in total. The zero-order chi connectivity index (χ0) is 21.8. The van der Waals surface area contributed by atoms with Crippen molar-refractivity contribution >= 4 is 22.6 Å². The molecule has 0 radical (unpaired) electrons. The minimum Gasteiger partial charge on any atom is -0.376 e. The average molecular weight is 421 g/mol. The quantitative estimate of drug-likeness (QED) is 0.659. The lowest BCUT2D eigenvalue weighted by atomic mass is 10.1. The molecular formula is C24H27N3O4. The first-order chi connectivity index (χ1) is 15.0. The van der Waals surface area contributed by atoms with Crippen LogP contribution < -0.4 is 10.9 Å². The van der Waals surface area contributed by atoms with E-state index in [4.69, 9.17) is 9.47 Å². The summed E-state index contributed by atoms with van der Waals surface area (Å²) in [6.45, 7) is 5.95. The second-order valence-electron chi connectivity index (χ2n) is 7.96. The van der Waals surface area contributed by atoms with Gasteiger partial charge in [0.2, 0.25) is 0 Å². The molecule has 3 aromatic rings. The van der Waals surface area contributed by atoms with E-state index in [1.54, 1.807) is 4.90 Å². The summed E-state index contributed by atoms with van der Waals surface area (Å²) in [5, 5.41) is 3.86. The fourth-order valence-electron chi connectivity index (χ4n) is 3.64. The summed E-state index contributed by atoms with van der Waals surface area (Å²) in [6, 6.07) is 15.0. The SMILES string of the molecule is Cc1ccc(NC(=O)N(Cc2cc3cc(C)ccc3[nH]c2=O)C[C@H]2COCCO2)cc1. The summed E-state index contributed by atoms with van der Waals surface area (Å²) in [6.07, 6.45) is -0.237. The zero-order valence-electron chi connectivity index (χ0n) is 17.8. The van der Waals surface area contributed by atoms with Crippen LogP contribution in [0.5, 0.6) is 0 Å². The van der Waals surface area contributed by atoms with Crippen molar-refractivity contribution in [3.63, 3.8) is 0 Å². The molecule has 1 atom stereocenters. The van der Waals surface area contributed by atoms with Gasteiger partial charge in [0.25, 0.3) is 5.56 Å². The van der Waals surface area contributed by atoms with Gasteiger partial charge < -0.3 is 24.7 Å². The van der Waals surface area contributed by atoms with E-state index in [1.165, 1.54) is 0 Å². The number of urea groups is 1. The number of carbonyl (C=O) groups is 1. The monoisotopic (exact) mass is 421 g/mol. The Morgan fingerprint density at radius 1 is 1.10 bits per heavy atom. The maximum Gasteiger partial charge on any atom is 0.322 e. The summed E-state index contributed by atoms with van der Waals surface area (Å²) >= 11 is 0. The molecule has 1 aliphatic heterocycles. The number of aromatic nitrogens is 1. The van der Waals surface area contributed by atoms with Gasteiger partial charge in [0, 0.05) is 16.8 Å². The van der Waals surface area contributed by atoms with Crippen molar-refractivity contribution < 1.29 is 14.3 Å². The summed E-state index contributed by atoms with van der Waals surface area (Å²) in [4.78, 5) is 30.3. The lowest BCUT2D eigenvalue weighted by molar-refractivity contribution is -0.0943. The van der Waals surface area contributed by atoms with E-state index in [9.17, 15) is 9.59 Å². The number of nitrogens with one attached hydrogen (secondary N) is 2. The number of nitrogens with zero attached hydrogens (tertiary/aromatic N) is 1. The van der Waals surface area contributed by atoms with Crippen LogP contribution in [0, 0.1) is 13.8 Å². The molecule has 1 aromatic heterocycles. The Balaban J connectivity index is 1.59. The highest BCUT2D eigenvalue weighted by Crippen LogP contribution is 2.16. The fraction of sp³-hybridized carbons (Fsp3) is 0.333. The van der Waals surface area contributed by atoms with Crippen molar-refractivity contribution in [1.29, 1.82) is 0 Å². The zero-order valence-corrected chi connectivity index (χ0v) is 17.8. The Kier molecular flexibility index (Phi) is 6.34. The van der Waals surface area contributed by atoms with E-state index in [-0.39, 0.29) is 24.2 Å². The van der Waals surface area contributed by atoms with Crippen LogP contribution in [-0.4, -0.2) is 48.4 Å². The van der Waals surface area contributed by atoms with Gasteiger partial charge in [0.05, 0.1) is 39.0 Å². The second-order valence-corrected chi connectivity index (χ2v) is 7.96. The third-order valence-corrected chi connectivity index (χ3v) is 5.34. The van der Waals surface area contributed by atoms with Crippen LogP contribution in [0.2, 0.25) is 0 Å². The number of benzene rings is 2. The van der Waals surface area contributed by atoms with Crippen molar-refractivity contribution in [3.8, 4) is 0 Å². The standard InChI is InChI=1S/C24H27N3O4/c1-16-3-6-20(7-4-16)25-24(29)27(14-21-15-30-9-10-31-21)13-19-12-18-11-17(2)5-8-22(18)26-23(19)28/h3-8,11-12,21H,9-10,13-15H2,1-2H3,(H,25,29)(H,26,28)/t21-/m0/s1. The third-order valence-electron chi connectivity index (χ3n) is 5.34. The van der Waals surface area contributed by atoms with Crippen molar-refractivity contribution in [2.75, 3.05) is 31.7 Å². The van der Waals surface area contributed by atoms with E-state index in [1.807, 2.05) is 62.4 Å². The summed E-state index contributed by atoms with van der Waals surface area (Å²) in [5.74, 6) is 0. The topological polar surface area (TPSA) is 83.7 Å². The summed E-state index contributed by atoms with van der Waals surface area (Å²) in [7, 11) is 0. The van der Waals surface area contributed by atoms with Crippen LogP contribution in [0.3, 0.4) is 0 Å². The number of H-pyrrole nitrogens is 1. The molecule has 0 unspecified atom stereocenters. The molecule has 0 bridgehead atoms. The highest BCUT2D eigenvalue weighted by Gasteiger charge is 2.23. The van der Waals surface area contributed by atoms with E-state index in [0.29, 0.717) is 37.6 Å². The van der Waals surface area contributed by atoms with Crippen LogP contribution in [-0.2, 0) is 16.0 Å². The Labute approximate surface area is 181 Å². The van der Waals surface area contributed by atoms with Crippen LogP contribution in [0.1, 0.15) is 16.7 Å². The molecule has 1 saturated heterocycles. The van der Waals surface area contributed by atoms with Gasteiger partial charge >= 0.3 is 6.03 Å². The van der Waals surface area contributed by atoms with Gasteiger partial charge in [-0.2, -0.15) is 0 Å². The second kappa shape index (κ2) is 9.32. The van der Waals surface area contributed by atoms with Crippen molar-refractivity contribution in [1.82, 2.24) is 9.88 Å². The molecule has 1 fully saturated rings. The molecule has 0 spiro atoms. The first-order valence-electron chi connectivity index (χ1n) is 10.4. The van der Waals surface area contributed by atoms with Crippen molar-refractivity contribution in [2.24, 2.45) is 0 Å². The smallest absolute Gasteiger partial charge is 0.322 e. The van der Waals surface area contributed by atoms with Crippen LogP contribution in [0.4, 0.5) is 10.5 Å². The predicted octanol–water partition coefficient (Wildman–Crippen LogP) is 3.59. The largest absolute Gasteiger partial charge is 0.376 e. The highest BCUT2D eigenvalue weighted by atomic mass is 16.6. The molecular weight excluding hydrogens is 394 g/mol. The van der Waals surface area contributed by atoms with E-state index >= 15 is 0 Å². The molecule has 7 nitrogen and oxygen atoms in total. The molecule has 4 rings (SSSR count). The Morgan fingerprint density at radius 3 is 2.61 bits per heavy atom. The fourth-order valence-corrected chi connectivity index (χ4v) is 3.64. The van der Waals surface area contributed by atoms with Crippen LogP contribution >= 0.6 is 0 Å². The number of anilines is 1. The van der Waals surface area contributed by atoms with E-state index in [2.05, 4.69) is 10.3 Å². The highest BCUT2D eigenvalue weighted by molar-refractivity contribution is 5.89. The molecule has 31 heavy (non-hydrogen) atoms. The number of fused-ring (bicyclic) bond motifs is 1. The Bertz CT molecular complexity index is 1120. The first kappa shape index (κ1) is 21.1. The number of pyridine rings is 1. The number of rotatable bonds is 5. The number of hydrogen-bond acceptors (Lipinski definition) is 4. The van der Waals surface area contributed by atoms with Gasteiger partial charge in [0.1, 0.15) is 0 Å². The Hall–Kier alpha value is -3.16. The lowest BCUT2D eigenvalue weighted by Crippen LogP contribution is -2.44. The number of ether oxygens (including phenoxy) is 2. The number of hydrogen-bond donors (Lipinski definition) is 2. The van der Waals surface area contributed by atoms with Crippen molar-refractivity contribution in [2.45, 2.75) is 26.5 Å². The van der Waals surface area contributed by atoms with Crippen molar-refractivity contribution in [3.05, 3.63) is 75.6 Å². The maximum absolute atomic E-state index is 13.1. The summed E-state index contributed by atoms with van der Waals surface area (Å²) in [5.41, 5.74) is 4.01. The Morgan fingerprint density at radius 2 is 1.87 bits per heavy atom. The van der Waals surface area contributed by atoms with Gasteiger partial charge in [-0.25, -0.2) is 4.79 Å². The minimum atomic E-state index is -0.290. The molecule has 1 aliphatic rings. The molecule has 2 heterocycles. The normalized spacial score (nSPS) is 16.3. The van der Waals surface area contributed by atoms with Crippen LogP contribution in [0.15, 0.2) is 53.3 Å². The minimum absolute atomic E-state index is 0.163. The van der Waals surface area contributed by atoms with E-state index in [0.717, 1.165) is 22.0 Å². The number of amides is 2. The summed E-state index contributed by atoms with van der Waals surface area (Å²) < 4.78 is 11.2. The predicted molar refractivity (Wildman–Crippen MR) is 120 cm³/mol. The number of aryl methyl sites for hydroxylation is 2. The lowest BCUT2D eigenvalue weighted by Gasteiger charge is -2.30. The van der Waals surface area contributed by atoms with Gasteiger partial charge in [-0.15, -0.1) is 0 Å². The van der Waals surface area contributed by atoms with Gasteiger partial charge in [-0.3, -0.25) is 4.79 Å². The van der Waals surface area contributed by atoms with Gasteiger partial charge in [0.15, 0.2) is 0 Å². The average Bonchev–Trinajstić information content (AvgIpc) is 2.76. The maximum atomic E-state index is 13.1. The molecule has 162 valence electrons. The molecule has 2 aromatic carbocycles. The first-order valence-corrected chi connectivity index (χ1v) is 10.4. The molecule has 0 aliphatic carbocycles. The number of carbonyl (C=O) groups excluding carboxylic acids is 1. The van der Waals surface area contributed by atoms with E-state index < -0.39 is 0 Å². The van der Waals surface area contributed by atoms with Crippen LogP contribution in [0.25, 0.3) is 10.9 Å². The van der Waals surface area contributed by atoms with Gasteiger partial charge in [-0.1, -0.05) is 29.3 Å². The molecule has 2 amide bonds. The molecule has 0 saturated carbocycles. The van der Waals surface area contributed by atoms with Gasteiger partial charge in [-0.05, 0) is 49.6 Å².